The number of carbonyl (C=O) groups is 1. The largest absolute Gasteiger partial charge is 0.357 e. The summed E-state index contributed by atoms with van der Waals surface area (Å²) < 4.78 is 0. The Morgan fingerprint density at radius 3 is 2.59 bits per heavy atom. The number of nitrogens with zero attached hydrogens (tertiary/aromatic N) is 3. The number of aromatic nitrogens is 2. The van der Waals surface area contributed by atoms with E-state index in [1.807, 2.05) is 4.90 Å². The van der Waals surface area contributed by atoms with Gasteiger partial charge < -0.3 is 9.88 Å². The molecule has 138 valence electrons. The highest BCUT2D eigenvalue weighted by Crippen LogP contribution is 2.44. The molecule has 0 radical (unpaired) electrons. The van der Waals surface area contributed by atoms with Gasteiger partial charge >= 0.3 is 0 Å². The molecule has 5 heteroatoms. The number of likely N-dealkylation sites (tertiary alicyclic amines) is 1. The summed E-state index contributed by atoms with van der Waals surface area (Å²) in [6.45, 7) is 2.62. The van der Waals surface area contributed by atoms with Gasteiger partial charge in [-0.3, -0.25) is 14.7 Å². The molecule has 0 bridgehead atoms. The summed E-state index contributed by atoms with van der Waals surface area (Å²) in [5.74, 6) is 0.114. The number of hydrogen-bond acceptors (Lipinski definition) is 3. The Labute approximate surface area is 159 Å². The van der Waals surface area contributed by atoms with Crippen molar-refractivity contribution in [2.75, 3.05) is 26.7 Å². The van der Waals surface area contributed by atoms with Gasteiger partial charge in [0.15, 0.2) is 0 Å². The SMILES string of the molecule is CN1CCc2c([nH]c3ccccc23)C12CCN(C(=O)c1ccncc1)CC2. The number of amides is 1. The Bertz CT molecular complexity index is 986. The summed E-state index contributed by atoms with van der Waals surface area (Å²) >= 11 is 0. The fourth-order valence-electron chi connectivity index (χ4n) is 4.93. The fourth-order valence-corrected chi connectivity index (χ4v) is 4.93. The smallest absolute Gasteiger partial charge is 0.253 e. The molecule has 1 saturated heterocycles. The minimum atomic E-state index is 0.00161. The van der Waals surface area contributed by atoms with Crippen molar-refractivity contribution in [1.82, 2.24) is 19.8 Å². The summed E-state index contributed by atoms with van der Waals surface area (Å²) in [6, 6.07) is 12.2. The van der Waals surface area contributed by atoms with Crippen molar-refractivity contribution in [3.8, 4) is 0 Å². The standard InChI is InChI=1S/C22H24N4O/c1-25-13-8-18-17-4-2-3-5-19(17)24-20(18)22(25)9-14-26(15-10-22)21(27)16-6-11-23-12-7-16/h2-7,11-12,24H,8-10,13-15H2,1H3. The van der Waals surface area contributed by atoms with E-state index < -0.39 is 0 Å². The molecule has 2 aliphatic rings. The summed E-state index contributed by atoms with van der Waals surface area (Å²) in [6.07, 6.45) is 6.37. The van der Waals surface area contributed by atoms with E-state index in [0.717, 1.165) is 44.5 Å². The second-order valence-electron chi connectivity index (χ2n) is 7.76. The summed E-state index contributed by atoms with van der Waals surface area (Å²) in [5.41, 5.74) is 4.80. The number of nitrogens with one attached hydrogen (secondary N) is 1. The van der Waals surface area contributed by atoms with Gasteiger partial charge in [-0.15, -0.1) is 0 Å². The maximum absolute atomic E-state index is 12.8. The van der Waals surface area contributed by atoms with Gasteiger partial charge in [0, 0.05) is 54.2 Å². The Morgan fingerprint density at radius 1 is 1.07 bits per heavy atom. The lowest BCUT2D eigenvalue weighted by Gasteiger charge is -2.49. The predicted molar refractivity (Wildman–Crippen MR) is 106 cm³/mol. The molecule has 4 heterocycles. The van der Waals surface area contributed by atoms with Crippen molar-refractivity contribution in [2.24, 2.45) is 0 Å². The zero-order valence-electron chi connectivity index (χ0n) is 15.6. The van der Waals surface area contributed by atoms with Crippen molar-refractivity contribution in [2.45, 2.75) is 24.8 Å². The summed E-state index contributed by atoms with van der Waals surface area (Å²) in [5, 5.41) is 1.36. The molecule has 3 aromatic rings. The van der Waals surface area contributed by atoms with E-state index in [4.69, 9.17) is 0 Å². The number of H-pyrrole nitrogens is 1. The number of rotatable bonds is 1. The van der Waals surface area contributed by atoms with E-state index in [1.165, 1.54) is 22.2 Å². The first kappa shape index (κ1) is 16.5. The molecular formula is C22H24N4O. The van der Waals surface area contributed by atoms with Gasteiger partial charge in [-0.25, -0.2) is 0 Å². The number of carbonyl (C=O) groups excluding carboxylic acids is 1. The van der Waals surface area contributed by atoms with Crippen molar-refractivity contribution < 1.29 is 4.79 Å². The monoisotopic (exact) mass is 360 g/mol. The van der Waals surface area contributed by atoms with Gasteiger partial charge in [0.05, 0.1) is 5.54 Å². The average molecular weight is 360 g/mol. The molecule has 1 aromatic carbocycles. The zero-order valence-corrected chi connectivity index (χ0v) is 15.6. The Balaban J connectivity index is 1.46. The van der Waals surface area contributed by atoms with E-state index in [2.05, 4.69) is 46.2 Å². The van der Waals surface area contributed by atoms with Gasteiger partial charge in [0.2, 0.25) is 0 Å². The molecule has 1 amide bonds. The maximum atomic E-state index is 12.8. The molecule has 1 spiro atoms. The lowest BCUT2D eigenvalue weighted by atomic mass is 9.78. The third kappa shape index (κ3) is 2.49. The van der Waals surface area contributed by atoms with Gasteiger partial charge in [0.25, 0.3) is 5.91 Å². The number of fused-ring (bicyclic) bond motifs is 4. The summed E-state index contributed by atoms with van der Waals surface area (Å²) in [4.78, 5) is 25.1. The second kappa shape index (κ2) is 6.20. The maximum Gasteiger partial charge on any atom is 0.253 e. The van der Waals surface area contributed by atoms with Crippen LogP contribution in [-0.4, -0.2) is 52.4 Å². The molecule has 1 N–H and O–H groups in total. The molecule has 2 aliphatic heterocycles. The number of hydrogen-bond donors (Lipinski definition) is 1. The molecule has 1 fully saturated rings. The molecule has 27 heavy (non-hydrogen) atoms. The molecule has 0 unspecified atom stereocenters. The first-order chi connectivity index (χ1) is 13.2. The lowest BCUT2D eigenvalue weighted by molar-refractivity contribution is 0.0231. The van der Waals surface area contributed by atoms with Crippen molar-refractivity contribution in [3.63, 3.8) is 0 Å². The minimum Gasteiger partial charge on any atom is -0.357 e. The number of pyridine rings is 1. The highest BCUT2D eigenvalue weighted by Gasteiger charge is 2.45. The molecule has 0 saturated carbocycles. The Morgan fingerprint density at radius 2 is 1.81 bits per heavy atom. The van der Waals surface area contributed by atoms with Crippen LogP contribution in [0.4, 0.5) is 0 Å². The lowest BCUT2D eigenvalue weighted by Crippen LogP contribution is -2.55. The van der Waals surface area contributed by atoms with E-state index in [1.54, 1.807) is 24.5 Å². The van der Waals surface area contributed by atoms with E-state index in [9.17, 15) is 4.79 Å². The normalized spacial score (nSPS) is 19.4. The molecule has 5 nitrogen and oxygen atoms in total. The molecule has 0 atom stereocenters. The van der Waals surface area contributed by atoms with E-state index in [-0.39, 0.29) is 11.4 Å². The second-order valence-corrected chi connectivity index (χ2v) is 7.76. The van der Waals surface area contributed by atoms with Gasteiger partial charge in [-0.2, -0.15) is 0 Å². The van der Waals surface area contributed by atoms with Crippen LogP contribution in [0.1, 0.15) is 34.5 Å². The van der Waals surface area contributed by atoms with Crippen molar-refractivity contribution >= 4 is 16.8 Å². The van der Waals surface area contributed by atoms with E-state index >= 15 is 0 Å². The van der Waals surface area contributed by atoms with Crippen LogP contribution in [0.2, 0.25) is 0 Å². The van der Waals surface area contributed by atoms with Crippen LogP contribution in [0.3, 0.4) is 0 Å². The average Bonchev–Trinajstić information content (AvgIpc) is 3.11. The molecular weight excluding hydrogens is 336 g/mol. The van der Waals surface area contributed by atoms with Gasteiger partial charge in [-0.1, -0.05) is 18.2 Å². The van der Waals surface area contributed by atoms with Crippen LogP contribution in [0, 0.1) is 0 Å². The van der Waals surface area contributed by atoms with Crippen molar-refractivity contribution in [3.05, 3.63) is 65.6 Å². The van der Waals surface area contributed by atoms with Crippen LogP contribution < -0.4 is 0 Å². The van der Waals surface area contributed by atoms with Gasteiger partial charge in [0.1, 0.15) is 0 Å². The molecule has 0 aliphatic carbocycles. The molecule has 5 rings (SSSR count). The number of likely N-dealkylation sites (N-methyl/N-ethyl adjacent to an activating group) is 1. The van der Waals surface area contributed by atoms with Crippen molar-refractivity contribution in [1.29, 1.82) is 0 Å². The third-order valence-corrected chi connectivity index (χ3v) is 6.51. The third-order valence-electron chi connectivity index (χ3n) is 6.51. The quantitative estimate of drug-likeness (QED) is 0.725. The molecule has 2 aromatic heterocycles. The number of benzene rings is 1. The zero-order chi connectivity index (χ0) is 18.4. The number of para-hydroxylation sites is 1. The highest BCUT2D eigenvalue weighted by molar-refractivity contribution is 5.94. The van der Waals surface area contributed by atoms with Crippen LogP contribution in [0.5, 0.6) is 0 Å². The summed E-state index contributed by atoms with van der Waals surface area (Å²) in [7, 11) is 2.23. The van der Waals surface area contributed by atoms with Crippen LogP contribution >= 0.6 is 0 Å². The first-order valence-electron chi connectivity index (χ1n) is 9.70. The first-order valence-corrected chi connectivity index (χ1v) is 9.70. The van der Waals surface area contributed by atoms with Gasteiger partial charge in [-0.05, 0) is 50.1 Å². The Kier molecular flexibility index (Phi) is 3.79. The fraction of sp³-hybridized carbons (Fsp3) is 0.364. The topological polar surface area (TPSA) is 52.2 Å². The highest BCUT2D eigenvalue weighted by atomic mass is 16.2. The van der Waals surface area contributed by atoms with E-state index in [0.29, 0.717) is 0 Å². The van der Waals surface area contributed by atoms with Crippen LogP contribution in [0.25, 0.3) is 10.9 Å². The number of aromatic amines is 1. The number of piperidine rings is 1. The minimum absolute atomic E-state index is 0.00161. The van der Waals surface area contributed by atoms with Crippen LogP contribution in [0.15, 0.2) is 48.8 Å². The Hall–Kier alpha value is -2.66. The predicted octanol–water partition coefficient (Wildman–Crippen LogP) is 3.18. The van der Waals surface area contributed by atoms with Crippen LogP contribution in [-0.2, 0) is 12.0 Å².